The second-order valence-electron chi connectivity index (χ2n) is 4.42. The van der Waals surface area contributed by atoms with Gasteiger partial charge in [0.15, 0.2) is 0 Å². The lowest BCUT2D eigenvalue weighted by atomic mass is 10.2. The van der Waals surface area contributed by atoms with Gasteiger partial charge in [0.25, 0.3) is 0 Å². The highest BCUT2D eigenvalue weighted by molar-refractivity contribution is 5.93. The summed E-state index contributed by atoms with van der Waals surface area (Å²) in [5.74, 6) is -0.669. The summed E-state index contributed by atoms with van der Waals surface area (Å²) in [7, 11) is 0. The van der Waals surface area contributed by atoms with Crippen LogP contribution >= 0.6 is 0 Å². The van der Waals surface area contributed by atoms with Crippen LogP contribution in [0.5, 0.6) is 0 Å². The van der Waals surface area contributed by atoms with E-state index in [1.165, 1.54) is 18.7 Å². The van der Waals surface area contributed by atoms with Gasteiger partial charge in [0.05, 0.1) is 12.2 Å². The molecule has 0 spiro atoms. The zero-order valence-corrected chi connectivity index (χ0v) is 12.5. The van der Waals surface area contributed by atoms with E-state index in [9.17, 15) is 14.4 Å². The number of esters is 1. The Morgan fingerprint density at radius 1 is 1.14 bits per heavy atom. The van der Waals surface area contributed by atoms with Crippen molar-refractivity contribution < 1.29 is 19.1 Å². The van der Waals surface area contributed by atoms with Gasteiger partial charge < -0.3 is 15.0 Å². The first-order valence-electron chi connectivity index (χ1n) is 6.75. The summed E-state index contributed by atoms with van der Waals surface area (Å²) < 4.78 is 4.90. The number of amides is 2. The first kappa shape index (κ1) is 16.7. The quantitative estimate of drug-likeness (QED) is 0.803. The maximum absolute atomic E-state index is 11.7. The van der Waals surface area contributed by atoms with Crippen molar-refractivity contribution in [3.05, 3.63) is 29.8 Å². The van der Waals surface area contributed by atoms with Crippen molar-refractivity contribution in [3.8, 4) is 0 Å². The highest BCUT2D eigenvalue weighted by Crippen LogP contribution is 2.16. The van der Waals surface area contributed by atoms with Gasteiger partial charge in [-0.15, -0.1) is 0 Å². The van der Waals surface area contributed by atoms with Gasteiger partial charge >= 0.3 is 5.97 Å². The number of rotatable bonds is 6. The topological polar surface area (TPSA) is 75.7 Å². The maximum atomic E-state index is 11.7. The Hall–Kier alpha value is -2.37. The Bertz CT molecular complexity index is 511. The average molecular weight is 292 g/mol. The molecule has 1 aromatic carbocycles. The number of nitrogens with zero attached hydrogens (tertiary/aromatic N) is 1. The molecule has 0 aliphatic rings. The molecule has 0 radical (unpaired) electrons. The molecule has 0 unspecified atom stereocenters. The lowest BCUT2D eigenvalue weighted by molar-refractivity contribution is -0.119. The molecular formula is C15H20N2O4. The van der Waals surface area contributed by atoms with Crippen molar-refractivity contribution in [2.75, 3.05) is 24.6 Å². The third kappa shape index (κ3) is 5.25. The summed E-state index contributed by atoms with van der Waals surface area (Å²) >= 11 is 0. The molecule has 0 aliphatic carbocycles. The van der Waals surface area contributed by atoms with Gasteiger partial charge in [-0.05, 0) is 31.2 Å². The van der Waals surface area contributed by atoms with E-state index in [0.717, 1.165) is 0 Å². The van der Waals surface area contributed by atoms with Crippen LogP contribution in [0.1, 0.15) is 31.1 Å². The molecule has 6 heteroatoms. The molecule has 0 heterocycles. The van der Waals surface area contributed by atoms with E-state index in [0.29, 0.717) is 30.9 Å². The maximum Gasteiger partial charge on any atom is 0.338 e. The third-order valence-corrected chi connectivity index (χ3v) is 2.78. The molecule has 1 rings (SSSR count). The first-order chi connectivity index (χ1) is 9.95. The highest BCUT2D eigenvalue weighted by atomic mass is 16.5. The normalized spacial score (nSPS) is 9.86. The number of ether oxygens (including phenoxy) is 1. The monoisotopic (exact) mass is 292 g/mol. The predicted octanol–water partition coefficient (Wildman–Crippen LogP) is 1.35. The number of nitrogens with one attached hydrogen (secondary N) is 1. The summed E-state index contributed by atoms with van der Waals surface area (Å²) in [5, 5.41) is 2.64. The van der Waals surface area contributed by atoms with E-state index in [2.05, 4.69) is 5.32 Å². The molecule has 6 nitrogen and oxygen atoms in total. The second kappa shape index (κ2) is 8.04. The van der Waals surface area contributed by atoms with Crippen LogP contribution in [0.2, 0.25) is 0 Å². The molecule has 0 aromatic heterocycles. The molecule has 114 valence electrons. The molecule has 0 bridgehead atoms. The van der Waals surface area contributed by atoms with Crippen LogP contribution < -0.4 is 10.2 Å². The Balaban J connectivity index is 2.77. The van der Waals surface area contributed by atoms with Gasteiger partial charge in [-0.3, -0.25) is 9.59 Å². The zero-order chi connectivity index (χ0) is 15.8. The molecule has 1 N–H and O–H groups in total. The lowest BCUT2D eigenvalue weighted by Crippen LogP contribution is -2.36. The number of anilines is 1. The van der Waals surface area contributed by atoms with Gasteiger partial charge in [-0.1, -0.05) is 0 Å². The van der Waals surface area contributed by atoms with E-state index in [-0.39, 0.29) is 11.8 Å². The highest BCUT2D eigenvalue weighted by Gasteiger charge is 2.13. The Morgan fingerprint density at radius 3 is 2.24 bits per heavy atom. The second-order valence-corrected chi connectivity index (χ2v) is 4.42. The molecule has 1 aromatic rings. The van der Waals surface area contributed by atoms with Gasteiger partial charge in [0.1, 0.15) is 0 Å². The average Bonchev–Trinajstić information content (AvgIpc) is 2.43. The minimum Gasteiger partial charge on any atom is -0.462 e. The van der Waals surface area contributed by atoms with Crippen molar-refractivity contribution in [1.82, 2.24) is 5.32 Å². The van der Waals surface area contributed by atoms with Gasteiger partial charge in [0.2, 0.25) is 11.8 Å². The van der Waals surface area contributed by atoms with Crippen molar-refractivity contribution in [1.29, 1.82) is 0 Å². The van der Waals surface area contributed by atoms with Crippen molar-refractivity contribution in [3.63, 3.8) is 0 Å². The van der Waals surface area contributed by atoms with E-state index in [1.807, 2.05) is 0 Å². The van der Waals surface area contributed by atoms with Gasteiger partial charge in [-0.25, -0.2) is 4.79 Å². The number of hydrogen-bond donors (Lipinski definition) is 1. The summed E-state index contributed by atoms with van der Waals surface area (Å²) in [4.78, 5) is 35.6. The fraction of sp³-hybridized carbons (Fsp3) is 0.400. The summed E-state index contributed by atoms with van der Waals surface area (Å²) in [6.07, 6.45) is 0. The van der Waals surface area contributed by atoms with Crippen molar-refractivity contribution in [2.24, 2.45) is 0 Å². The van der Waals surface area contributed by atoms with Gasteiger partial charge in [-0.2, -0.15) is 0 Å². The van der Waals surface area contributed by atoms with Crippen LogP contribution in [0.3, 0.4) is 0 Å². The number of hydrogen-bond acceptors (Lipinski definition) is 4. The Kier molecular flexibility index (Phi) is 6.39. The minimum absolute atomic E-state index is 0.135. The van der Waals surface area contributed by atoms with E-state index in [1.54, 1.807) is 31.2 Å². The summed E-state index contributed by atoms with van der Waals surface area (Å²) in [5.41, 5.74) is 1.10. The molecule has 21 heavy (non-hydrogen) atoms. The Morgan fingerprint density at radius 2 is 1.76 bits per heavy atom. The molecule has 0 atom stereocenters. The largest absolute Gasteiger partial charge is 0.462 e. The molecule has 0 aliphatic heterocycles. The van der Waals surface area contributed by atoms with Crippen LogP contribution in [0, 0.1) is 0 Å². The fourth-order valence-electron chi connectivity index (χ4n) is 1.80. The number of carbonyl (C=O) groups is 3. The van der Waals surface area contributed by atoms with E-state index in [4.69, 9.17) is 4.74 Å². The SMILES string of the molecule is CCOC(=O)c1ccc(N(CCNC(C)=O)C(C)=O)cc1. The van der Waals surface area contributed by atoms with E-state index < -0.39 is 5.97 Å². The molecular weight excluding hydrogens is 272 g/mol. The first-order valence-corrected chi connectivity index (χ1v) is 6.75. The van der Waals surface area contributed by atoms with Gasteiger partial charge in [0, 0.05) is 32.6 Å². The third-order valence-electron chi connectivity index (χ3n) is 2.78. The van der Waals surface area contributed by atoms with Crippen LogP contribution in [0.25, 0.3) is 0 Å². The standard InChI is InChI=1S/C15H20N2O4/c1-4-21-15(20)13-5-7-14(8-6-13)17(12(3)19)10-9-16-11(2)18/h5-8H,4,9-10H2,1-3H3,(H,16,18). The summed E-state index contributed by atoms with van der Waals surface area (Å²) in [6, 6.07) is 6.59. The van der Waals surface area contributed by atoms with Crippen LogP contribution in [-0.2, 0) is 14.3 Å². The van der Waals surface area contributed by atoms with Crippen molar-refractivity contribution in [2.45, 2.75) is 20.8 Å². The minimum atomic E-state index is -0.392. The van der Waals surface area contributed by atoms with E-state index >= 15 is 0 Å². The number of carbonyl (C=O) groups excluding carboxylic acids is 3. The molecule has 2 amide bonds. The lowest BCUT2D eigenvalue weighted by Gasteiger charge is -2.21. The fourth-order valence-corrected chi connectivity index (χ4v) is 1.80. The van der Waals surface area contributed by atoms with Crippen molar-refractivity contribution >= 4 is 23.5 Å². The predicted molar refractivity (Wildman–Crippen MR) is 79.1 cm³/mol. The summed E-state index contributed by atoms with van der Waals surface area (Å²) in [6.45, 7) is 5.67. The smallest absolute Gasteiger partial charge is 0.338 e. The molecule has 0 fully saturated rings. The van der Waals surface area contributed by atoms with Crippen LogP contribution in [-0.4, -0.2) is 37.5 Å². The van der Waals surface area contributed by atoms with Crippen LogP contribution in [0.15, 0.2) is 24.3 Å². The number of benzene rings is 1. The zero-order valence-electron chi connectivity index (χ0n) is 12.5. The Labute approximate surface area is 124 Å². The van der Waals surface area contributed by atoms with Crippen LogP contribution in [0.4, 0.5) is 5.69 Å². The molecule has 0 saturated heterocycles. The molecule has 0 saturated carbocycles.